The van der Waals surface area contributed by atoms with E-state index in [1.165, 1.54) is 19.4 Å². The van der Waals surface area contributed by atoms with E-state index in [9.17, 15) is 9.90 Å². The molecule has 0 aliphatic rings. The molecule has 0 fully saturated rings. The number of aromatic hydroxyl groups is 1. The molecule has 0 heterocycles. The van der Waals surface area contributed by atoms with Crippen LogP contribution in [0.5, 0.6) is 17.2 Å². The predicted octanol–water partition coefficient (Wildman–Crippen LogP) is 2.97. The van der Waals surface area contributed by atoms with Crippen molar-refractivity contribution in [1.29, 1.82) is 0 Å². The van der Waals surface area contributed by atoms with Gasteiger partial charge in [-0.15, -0.1) is 0 Å². The number of carbonyl (C=O) groups excluding carboxylic acids is 1. The number of benzene rings is 2. The highest BCUT2D eigenvalue weighted by Gasteiger charge is 2.13. The lowest BCUT2D eigenvalue weighted by Gasteiger charge is -2.12. The van der Waals surface area contributed by atoms with E-state index in [0.717, 1.165) is 0 Å². The summed E-state index contributed by atoms with van der Waals surface area (Å²) in [7, 11) is 1.45. The van der Waals surface area contributed by atoms with Crippen LogP contribution in [0.25, 0.3) is 0 Å². The van der Waals surface area contributed by atoms with Gasteiger partial charge in [-0.3, -0.25) is 4.79 Å². The number of nitrogens with one attached hydrogen (secondary N) is 1. The van der Waals surface area contributed by atoms with Crippen LogP contribution in [0.2, 0.25) is 5.02 Å². The van der Waals surface area contributed by atoms with Gasteiger partial charge in [-0.25, -0.2) is 5.43 Å². The first-order chi connectivity index (χ1) is 11.5. The van der Waals surface area contributed by atoms with Crippen LogP contribution >= 0.6 is 11.6 Å². The standard InChI is InChI=1S/C17H17ClN2O4/c1-11(24-14-6-4-13(18)5-7-14)17(22)20-19-10-12-3-8-15(21)16(9-12)23-2/h3-11,21H,1-2H3,(H,20,22). The largest absolute Gasteiger partial charge is 0.504 e. The van der Waals surface area contributed by atoms with Gasteiger partial charge in [0.1, 0.15) is 5.75 Å². The van der Waals surface area contributed by atoms with Crippen molar-refractivity contribution in [2.75, 3.05) is 7.11 Å². The van der Waals surface area contributed by atoms with E-state index < -0.39 is 12.0 Å². The third-order valence-electron chi connectivity index (χ3n) is 3.09. The highest BCUT2D eigenvalue weighted by Crippen LogP contribution is 2.25. The molecule has 0 aromatic heterocycles. The van der Waals surface area contributed by atoms with Gasteiger partial charge in [0.05, 0.1) is 13.3 Å². The summed E-state index contributed by atoms with van der Waals surface area (Å²) in [5, 5.41) is 14.0. The summed E-state index contributed by atoms with van der Waals surface area (Å²) in [6.07, 6.45) is 0.715. The third kappa shape index (κ3) is 4.89. The molecule has 0 aliphatic heterocycles. The lowest BCUT2D eigenvalue weighted by molar-refractivity contribution is -0.127. The molecule has 7 heteroatoms. The molecular formula is C17H17ClN2O4. The first kappa shape index (κ1) is 17.6. The van der Waals surface area contributed by atoms with Crippen LogP contribution in [-0.4, -0.2) is 30.4 Å². The number of phenols is 1. The molecule has 0 spiro atoms. The van der Waals surface area contributed by atoms with Crippen LogP contribution in [0.3, 0.4) is 0 Å². The average Bonchev–Trinajstić information content (AvgIpc) is 2.58. The molecule has 0 saturated carbocycles. The number of phenolic OH excluding ortho intramolecular Hbond substituents is 1. The van der Waals surface area contributed by atoms with E-state index >= 15 is 0 Å². The maximum absolute atomic E-state index is 11.9. The number of methoxy groups -OCH3 is 1. The molecule has 0 saturated heterocycles. The molecule has 0 aliphatic carbocycles. The van der Waals surface area contributed by atoms with Crippen LogP contribution in [0.15, 0.2) is 47.6 Å². The van der Waals surface area contributed by atoms with Gasteiger partial charge >= 0.3 is 0 Å². The summed E-state index contributed by atoms with van der Waals surface area (Å²) in [5.74, 6) is 0.495. The predicted molar refractivity (Wildman–Crippen MR) is 91.9 cm³/mol. The van der Waals surface area contributed by atoms with Crippen LogP contribution < -0.4 is 14.9 Å². The fourth-order valence-electron chi connectivity index (χ4n) is 1.81. The van der Waals surface area contributed by atoms with Crippen LogP contribution in [0, 0.1) is 0 Å². The number of carbonyl (C=O) groups is 1. The Morgan fingerprint density at radius 2 is 2.00 bits per heavy atom. The molecule has 24 heavy (non-hydrogen) atoms. The van der Waals surface area contributed by atoms with Gasteiger partial charge in [-0.1, -0.05) is 11.6 Å². The minimum absolute atomic E-state index is 0.0312. The van der Waals surface area contributed by atoms with Crippen LogP contribution in [0.4, 0.5) is 0 Å². The Bertz CT molecular complexity index is 732. The zero-order valence-electron chi connectivity index (χ0n) is 13.2. The summed E-state index contributed by atoms with van der Waals surface area (Å²) < 4.78 is 10.5. The number of nitrogens with zero attached hydrogens (tertiary/aromatic N) is 1. The van der Waals surface area contributed by atoms with Gasteiger partial charge in [-0.2, -0.15) is 5.10 Å². The summed E-state index contributed by atoms with van der Waals surface area (Å²) in [5.41, 5.74) is 3.05. The van der Waals surface area contributed by atoms with Crippen molar-refractivity contribution >= 4 is 23.7 Å². The first-order valence-corrected chi connectivity index (χ1v) is 7.49. The zero-order chi connectivity index (χ0) is 17.5. The van der Waals surface area contributed by atoms with Gasteiger partial charge in [0, 0.05) is 5.02 Å². The maximum Gasteiger partial charge on any atom is 0.280 e. The smallest absolute Gasteiger partial charge is 0.280 e. The maximum atomic E-state index is 11.9. The van der Waals surface area contributed by atoms with Crippen LogP contribution in [0.1, 0.15) is 12.5 Å². The lowest BCUT2D eigenvalue weighted by atomic mass is 10.2. The Morgan fingerprint density at radius 1 is 1.29 bits per heavy atom. The van der Waals surface area contributed by atoms with Crippen molar-refractivity contribution in [2.45, 2.75) is 13.0 Å². The van der Waals surface area contributed by atoms with E-state index in [1.54, 1.807) is 43.3 Å². The quantitative estimate of drug-likeness (QED) is 0.621. The number of hydrazone groups is 1. The summed E-state index contributed by atoms with van der Waals surface area (Å²) in [4.78, 5) is 11.9. The second kappa shape index (κ2) is 8.21. The van der Waals surface area contributed by atoms with Crippen LogP contribution in [-0.2, 0) is 4.79 Å². The molecule has 126 valence electrons. The van der Waals surface area contributed by atoms with E-state index in [0.29, 0.717) is 22.1 Å². The number of hydrogen-bond donors (Lipinski definition) is 2. The Labute approximate surface area is 144 Å². The third-order valence-corrected chi connectivity index (χ3v) is 3.34. The molecule has 2 N–H and O–H groups in total. The number of rotatable bonds is 6. The monoisotopic (exact) mass is 348 g/mol. The summed E-state index contributed by atoms with van der Waals surface area (Å²) in [6, 6.07) is 11.4. The molecule has 1 amide bonds. The number of hydrogen-bond acceptors (Lipinski definition) is 5. The van der Waals surface area contributed by atoms with Gasteiger partial charge in [0.25, 0.3) is 5.91 Å². The Hall–Kier alpha value is -2.73. The van der Waals surface area contributed by atoms with Crippen molar-refractivity contribution in [3.63, 3.8) is 0 Å². The van der Waals surface area contributed by atoms with Gasteiger partial charge in [0.2, 0.25) is 0 Å². The second-order valence-corrected chi connectivity index (χ2v) is 5.32. The van der Waals surface area contributed by atoms with E-state index in [1.807, 2.05) is 0 Å². The second-order valence-electron chi connectivity index (χ2n) is 4.88. The number of ether oxygens (including phenoxy) is 2. The number of halogens is 1. The fraction of sp³-hybridized carbons (Fsp3) is 0.176. The highest BCUT2D eigenvalue weighted by atomic mass is 35.5. The molecule has 1 unspecified atom stereocenters. The molecular weight excluding hydrogens is 332 g/mol. The van der Waals surface area contributed by atoms with Gasteiger partial charge in [-0.05, 0) is 55.0 Å². The highest BCUT2D eigenvalue weighted by molar-refractivity contribution is 6.30. The molecule has 6 nitrogen and oxygen atoms in total. The molecule has 0 radical (unpaired) electrons. The van der Waals surface area contributed by atoms with Crippen molar-refractivity contribution in [1.82, 2.24) is 5.43 Å². The SMILES string of the molecule is COc1cc(C=NNC(=O)C(C)Oc2ccc(Cl)cc2)ccc1O. The molecule has 2 aromatic rings. The zero-order valence-corrected chi connectivity index (χ0v) is 13.9. The molecule has 2 aromatic carbocycles. The van der Waals surface area contributed by atoms with Crippen molar-refractivity contribution < 1.29 is 19.4 Å². The van der Waals surface area contributed by atoms with Crippen molar-refractivity contribution in [3.05, 3.63) is 53.1 Å². The molecule has 1 atom stereocenters. The normalized spacial score (nSPS) is 12.0. The molecule has 2 rings (SSSR count). The Kier molecular flexibility index (Phi) is 6.03. The minimum atomic E-state index is -0.724. The Balaban J connectivity index is 1.90. The van der Waals surface area contributed by atoms with E-state index in [2.05, 4.69) is 10.5 Å². The fourth-order valence-corrected chi connectivity index (χ4v) is 1.93. The van der Waals surface area contributed by atoms with Crippen molar-refractivity contribution in [2.24, 2.45) is 5.10 Å². The first-order valence-electron chi connectivity index (χ1n) is 7.11. The van der Waals surface area contributed by atoms with Gasteiger partial charge < -0.3 is 14.6 Å². The topological polar surface area (TPSA) is 80.2 Å². The van der Waals surface area contributed by atoms with E-state index in [-0.39, 0.29) is 5.75 Å². The van der Waals surface area contributed by atoms with Gasteiger partial charge in [0.15, 0.2) is 17.6 Å². The number of amides is 1. The van der Waals surface area contributed by atoms with Crippen molar-refractivity contribution in [3.8, 4) is 17.2 Å². The molecule has 0 bridgehead atoms. The summed E-state index contributed by atoms with van der Waals surface area (Å²) in [6.45, 7) is 1.61. The summed E-state index contributed by atoms with van der Waals surface area (Å²) >= 11 is 5.79. The van der Waals surface area contributed by atoms with E-state index in [4.69, 9.17) is 21.1 Å². The lowest BCUT2D eigenvalue weighted by Crippen LogP contribution is -2.33. The minimum Gasteiger partial charge on any atom is -0.504 e. The Morgan fingerprint density at radius 3 is 2.67 bits per heavy atom. The average molecular weight is 349 g/mol.